The van der Waals surface area contributed by atoms with Gasteiger partial charge >= 0.3 is 0 Å². The van der Waals surface area contributed by atoms with Gasteiger partial charge in [0.15, 0.2) is 0 Å². The number of amides is 1. The molecule has 3 aromatic rings. The van der Waals surface area contributed by atoms with E-state index in [1.54, 1.807) is 4.68 Å². The minimum Gasteiger partial charge on any atom is -0.351 e. The number of benzene rings is 2. The van der Waals surface area contributed by atoms with Crippen molar-refractivity contribution < 1.29 is 4.79 Å². The first-order valence-electron chi connectivity index (χ1n) is 11.8. The third-order valence-corrected chi connectivity index (χ3v) is 5.88. The number of hydrogen-bond acceptors (Lipinski definition) is 4. The molecule has 1 N–H and O–H groups in total. The van der Waals surface area contributed by atoms with Gasteiger partial charge < -0.3 is 10.2 Å². The Morgan fingerprint density at radius 1 is 1.03 bits per heavy atom. The van der Waals surface area contributed by atoms with Crippen LogP contribution in [0.1, 0.15) is 51.3 Å². The highest BCUT2D eigenvalue weighted by Gasteiger charge is 2.14. The van der Waals surface area contributed by atoms with Crippen molar-refractivity contribution in [2.24, 2.45) is 0 Å². The number of unbranched alkanes of at least 4 members (excludes halogenated alkanes) is 1. The normalized spacial score (nSPS) is 11.8. The summed E-state index contributed by atoms with van der Waals surface area (Å²) in [5.74, 6) is 0.0690. The topological polar surface area (TPSA) is 67.2 Å². The molecule has 0 fully saturated rings. The maximum Gasteiger partial charge on any atom is 0.274 e. The van der Waals surface area contributed by atoms with Gasteiger partial charge in [-0.3, -0.25) is 9.59 Å². The fraction of sp³-hybridized carbons (Fsp3) is 0.444. The standard InChI is InChI=1S/C27H35ClN4O2/c1-27(2,3)29-25(33)15-18-31(4)16-7-8-17-32-26(34)23-10-6-5-9-22(23)24(30-32)19-20-11-13-21(28)14-12-20/h5-6,9-14H,7-8,15-19H2,1-4H3,(H,29,33). The quantitative estimate of drug-likeness (QED) is 0.427. The van der Waals surface area contributed by atoms with E-state index in [2.05, 4.69) is 10.2 Å². The van der Waals surface area contributed by atoms with Gasteiger partial charge in [-0.25, -0.2) is 4.68 Å². The average Bonchev–Trinajstić information content (AvgIpc) is 2.78. The SMILES string of the molecule is CN(CCCCn1nc(Cc2ccc(Cl)cc2)c2ccccc2c1=O)CCC(=O)NC(C)(C)C. The second-order valence-electron chi connectivity index (χ2n) is 9.88. The van der Waals surface area contributed by atoms with Gasteiger partial charge in [0.25, 0.3) is 5.56 Å². The Labute approximate surface area is 206 Å². The number of carbonyl (C=O) groups is 1. The number of halogens is 1. The number of rotatable bonds is 10. The molecule has 0 atom stereocenters. The molecular weight excluding hydrogens is 448 g/mol. The minimum atomic E-state index is -0.206. The predicted octanol–water partition coefficient (Wildman–Crippen LogP) is 4.66. The maximum absolute atomic E-state index is 13.0. The molecule has 182 valence electrons. The van der Waals surface area contributed by atoms with Crippen LogP contribution in [0.3, 0.4) is 0 Å². The number of aromatic nitrogens is 2. The van der Waals surface area contributed by atoms with Crippen molar-refractivity contribution in [1.29, 1.82) is 0 Å². The molecule has 3 rings (SSSR count). The summed E-state index contributed by atoms with van der Waals surface area (Å²) in [6.07, 6.45) is 2.87. The van der Waals surface area contributed by atoms with Crippen molar-refractivity contribution in [2.75, 3.05) is 20.1 Å². The zero-order valence-electron chi connectivity index (χ0n) is 20.6. The number of hydrogen-bond donors (Lipinski definition) is 1. The van der Waals surface area contributed by atoms with Gasteiger partial charge in [-0.2, -0.15) is 5.10 Å². The zero-order chi connectivity index (χ0) is 24.7. The van der Waals surface area contributed by atoms with Crippen molar-refractivity contribution in [3.8, 4) is 0 Å². The first-order valence-corrected chi connectivity index (χ1v) is 12.2. The van der Waals surface area contributed by atoms with E-state index in [4.69, 9.17) is 16.7 Å². The molecule has 0 aliphatic heterocycles. The fourth-order valence-electron chi connectivity index (χ4n) is 3.91. The van der Waals surface area contributed by atoms with Crippen LogP contribution in [0.4, 0.5) is 0 Å². The van der Waals surface area contributed by atoms with Crippen molar-refractivity contribution in [3.63, 3.8) is 0 Å². The average molecular weight is 483 g/mol. The number of nitrogens with zero attached hydrogens (tertiary/aromatic N) is 3. The molecule has 0 saturated carbocycles. The van der Waals surface area contributed by atoms with Crippen LogP contribution >= 0.6 is 11.6 Å². The summed E-state index contributed by atoms with van der Waals surface area (Å²) in [7, 11) is 2.02. The summed E-state index contributed by atoms with van der Waals surface area (Å²) >= 11 is 6.03. The summed E-state index contributed by atoms with van der Waals surface area (Å²) in [4.78, 5) is 27.2. The number of aryl methyl sites for hydroxylation is 1. The second kappa shape index (κ2) is 11.6. The van der Waals surface area contributed by atoms with Gasteiger partial charge in [0, 0.05) is 41.9 Å². The van der Waals surface area contributed by atoms with Gasteiger partial charge in [0.1, 0.15) is 0 Å². The minimum absolute atomic E-state index is 0.0531. The summed E-state index contributed by atoms with van der Waals surface area (Å²) in [6.45, 7) is 8.09. The predicted molar refractivity (Wildman–Crippen MR) is 140 cm³/mol. The lowest BCUT2D eigenvalue weighted by Gasteiger charge is -2.22. The Bertz CT molecular complexity index is 1170. The van der Waals surface area contributed by atoms with Crippen molar-refractivity contribution in [1.82, 2.24) is 20.0 Å². The molecule has 0 radical (unpaired) electrons. The highest BCUT2D eigenvalue weighted by atomic mass is 35.5. The van der Waals surface area contributed by atoms with Crippen LogP contribution < -0.4 is 10.9 Å². The molecule has 0 unspecified atom stereocenters. The van der Waals surface area contributed by atoms with E-state index in [9.17, 15) is 9.59 Å². The molecule has 7 heteroatoms. The van der Waals surface area contributed by atoms with Gasteiger partial charge in [-0.1, -0.05) is 41.9 Å². The molecule has 0 spiro atoms. The number of carbonyl (C=O) groups excluding carboxylic acids is 1. The first-order chi connectivity index (χ1) is 16.1. The molecule has 1 heterocycles. The molecule has 0 aliphatic carbocycles. The lowest BCUT2D eigenvalue weighted by molar-refractivity contribution is -0.122. The molecule has 0 aliphatic rings. The van der Waals surface area contributed by atoms with Crippen LogP contribution in [0.2, 0.25) is 5.02 Å². The van der Waals surface area contributed by atoms with Crippen LogP contribution in [-0.4, -0.2) is 46.3 Å². The van der Waals surface area contributed by atoms with Crippen LogP contribution in [0, 0.1) is 0 Å². The van der Waals surface area contributed by atoms with Crippen LogP contribution in [0.5, 0.6) is 0 Å². The van der Waals surface area contributed by atoms with Crippen LogP contribution in [-0.2, 0) is 17.8 Å². The first kappa shape index (κ1) is 25.9. The van der Waals surface area contributed by atoms with E-state index in [-0.39, 0.29) is 17.0 Å². The Morgan fingerprint density at radius 2 is 1.71 bits per heavy atom. The highest BCUT2D eigenvalue weighted by Crippen LogP contribution is 2.18. The molecule has 1 amide bonds. The zero-order valence-corrected chi connectivity index (χ0v) is 21.4. The van der Waals surface area contributed by atoms with E-state index >= 15 is 0 Å². The van der Waals surface area contributed by atoms with E-state index in [0.717, 1.165) is 36.0 Å². The lowest BCUT2D eigenvalue weighted by Crippen LogP contribution is -2.41. The fourth-order valence-corrected chi connectivity index (χ4v) is 4.04. The largest absolute Gasteiger partial charge is 0.351 e. The Balaban J connectivity index is 1.60. The second-order valence-corrected chi connectivity index (χ2v) is 10.3. The Kier molecular flexibility index (Phi) is 8.86. The number of nitrogens with one attached hydrogen (secondary N) is 1. The molecule has 2 aromatic carbocycles. The lowest BCUT2D eigenvalue weighted by atomic mass is 10.0. The summed E-state index contributed by atoms with van der Waals surface area (Å²) in [5.41, 5.74) is 1.73. The van der Waals surface area contributed by atoms with E-state index in [1.807, 2.05) is 76.3 Å². The van der Waals surface area contributed by atoms with Gasteiger partial charge in [0.05, 0.1) is 11.1 Å². The van der Waals surface area contributed by atoms with Crippen molar-refractivity contribution >= 4 is 28.3 Å². The molecule has 34 heavy (non-hydrogen) atoms. The van der Waals surface area contributed by atoms with E-state index < -0.39 is 0 Å². The highest BCUT2D eigenvalue weighted by molar-refractivity contribution is 6.30. The smallest absolute Gasteiger partial charge is 0.274 e. The summed E-state index contributed by atoms with van der Waals surface area (Å²) in [6, 6.07) is 15.4. The maximum atomic E-state index is 13.0. The third-order valence-electron chi connectivity index (χ3n) is 5.62. The summed E-state index contributed by atoms with van der Waals surface area (Å²) < 4.78 is 1.60. The van der Waals surface area contributed by atoms with Crippen molar-refractivity contribution in [3.05, 3.63) is 75.2 Å². The van der Waals surface area contributed by atoms with Crippen molar-refractivity contribution in [2.45, 2.75) is 58.5 Å². The monoisotopic (exact) mass is 482 g/mol. The van der Waals surface area contributed by atoms with Crippen LogP contribution in [0.15, 0.2) is 53.3 Å². The molecule has 0 saturated heterocycles. The Morgan fingerprint density at radius 3 is 2.38 bits per heavy atom. The Hall–Kier alpha value is -2.70. The third kappa shape index (κ3) is 7.67. The van der Waals surface area contributed by atoms with Gasteiger partial charge in [-0.05, 0) is 71.0 Å². The van der Waals surface area contributed by atoms with Gasteiger partial charge in [-0.15, -0.1) is 0 Å². The molecule has 1 aromatic heterocycles. The molecule has 6 nitrogen and oxygen atoms in total. The van der Waals surface area contributed by atoms with Crippen LogP contribution in [0.25, 0.3) is 10.8 Å². The van der Waals surface area contributed by atoms with E-state index in [1.165, 1.54) is 0 Å². The summed E-state index contributed by atoms with van der Waals surface area (Å²) in [5, 5.41) is 10.0. The number of fused-ring (bicyclic) bond motifs is 1. The van der Waals surface area contributed by atoms with E-state index in [0.29, 0.717) is 36.3 Å². The molecular formula is C27H35ClN4O2. The van der Waals surface area contributed by atoms with Gasteiger partial charge in [0.2, 0.25) is 5.91 Å². The molecule has 0 bridgehead atoms.